The zero-order valence-corrected chi connectivity index (χ0v) is 11.5. The lowest BCUT2D eigenvalue weighted by Crippen LogP contribution is -2.52. The average Bonchev–Trinajstić information content (AvgIpc) is 2.26. The molecule has 1 heterocycles. The number of carbonyl (C=O) groups excluding carboxylic acids is 1. The first-order valence-electron chi connectivity index (χ1n) is 6.48. The summed E-state index contributed by atoms with van der Waals surface area (Å²) in [6.07, 6.45) is 1.72. The molecule has 0 saturated carbocycles. The van der Waals surface area contributed by atoms with Gasteiger partial charge in [0.2, 0.25) is 5.91 Å². The molecule has 1 fully saturated rings. The number of hydrogen-bond acceptors (Lipinski definition) is 3. The molecule has 1 amide bonds. The first-order chi connectivity index (χ1) is 8.21. The standard InChI is InChI=1S/C13H24N2O3/c1-13(2,3)11(14)12(18)15-6-4-9(5-7-15)8-10(16)17/h9,11H,4-8,14H2,1-3H3,(H,16,17). The summed E-state index contributed by atoms with van der Waals surface area (Å²) in [6.45, 7) is 7.10. The Kier molecular flexibility index (Phi) is 4.73. The van der Waals surface area contributed by atoms with Crippen LogP contribution in [0.3, 0.4) is 0 Å². The number of likely N-dealkylation sites (tertiary alicyclic amines) is 1. The van der Waals surface area contributed by atoms with Gasteiger partial charge in [-0.3, -0.25) is 9.59 Å². The summed E-state index contributed by atoms with van der Waals surface area (Å²) < 4.78 is 0. The molecular formula is C13H24N2O3. The summed E-state index contributed by atoms with van der Waals surface area (Å²) in [5, 5.41) is 8.74. The predicted molar refractivity (Wildman–Crippen MR) is 69.0 cm³/mol. The largest absolute Gasteiger partial charge is 0.481 e. The van der Waals surface area contributed by atoms with Crippen LogP contribution in [0, 0.1) is 11.3 Å². The van der Waals surface area contributed by atoms with Gasteiger partial charge in [0, 0.05) is 19.5 Å². The second kappa shape index (κ2) is 5.69. The minimum atomic E-state index is -0.758. The van der Waals surface area contributed by atoms with Crippen molar-refractivity contribution in [1.29, 1.82) is 0 Å². The Morgan fingerprint density at radius 2 is 1.83 bits per heavy atom. The van der Waals surface area contributed by atoms with Crippen molar-refractivity contribution in [2.24, 2.45) is 17.1 Å². The molecule has 1 aliphatic heterocycles. The van der Waals surface area contributed by atoms with Crippen molar-refractivity contribution < 1.29 is 14.7 Å². The van der Waals surface area contributed by atoms with E-state index in [1.165, 1.54) is 0 Å². The van der Waals surface area contributed by atoms with Gasteiger partial charge in [-0.05, 0) is 24.2 Å². The summed E-state index contributed by atoms with van der Waals surface area (Å²) in [6, 6.07) is -0.492. The van der Waals surface area contributed by atoms with E-state index >= 15 is 0 Å². The zero-order valence-electron chi connectivity index (χ0n) is 11.5. The van der Waals surface area contributed by atoms with Gasteiger partial charge in [-0.25, -0.2) is 0 Å². The molecule has 0 radical (unpaired) electrons. The molecule has 0 aromatic heterocycles. The van der Waals surface area contributed by atoms with E-state index in [4.69, 9.17) is 10.8 Å². The van der Waals surface area contributed by atoms with E-state index in [1.54, 1.807) is 4.90 Å². The molecule has 0 aromatic rings. The molecule has 1 aliphatic rings. The number of carboxylic acid groups (broad SMARTS) is 1. The van der Waals surface area contributed by atoms with Crippen molar-refractivity contribution in [3.8, 4) is 0 Å². The summed E-state index contributed by atoms with van der Waals surface area (Å²) in [4.78, 5) is 24.6. The lowest BCUT2D eigenvalue weighted by molar-refractivity contribution is -0.139. The number of aliphatic carboxylic acids is 1. The lowest BCUT2D eigenvalue weighted by Gasteiger charge is -2.36. The van der Waals surface area contributed by atoms with Crippen LogP contribution < -0.4 is 5.73 Å². The van der Waals surface area contributed by atoms with Gasteiger partial charge in [0.25, 0.3) is 0 Å². The zero-order chi connectivity index (χ0) is 13.9. The van der Waals surface area contributed by atoms with Gasteiger partial charge >= 0.3 is 5.97 Å². The van der Waals surface area contributed by atoms with Crippen LogP contribution in [-0.2, 0) is 9.59 Å². The molecule has 1 atom stereocenters. The minimum Gasteiger partial charge on any atom is -0.481 e. The van der Waals surface area contributed by atoms with Gasteiger partial charge in [-0.15, -0.1) is 0 Å². The highest BCUT2D eigenvalue weighted by Gasteiger charge is 2.33. The summed E-state index contributed by atoms with van der Waals surface area (Å²) in [7, 11) is 0. The maximum absolute atomic E-state index is 12.2. The van der Waals surface area contributed by atoms with E-state index in [9.17, 15) is 9.59 Å². The number of rotatable bonds is 3. The van der Waals surface area contributed by atoms with Gasteiger partial charge in [0.1, 0.15) is 0 Å². The van der Waals surface area contributed by atoms with Crippen LogP contribution in [0.25, 0.3) is 0 Å². The molecule has 0 aliphatic carbocycles. The molecule has 0 aromatic carbocycles. The van der Waals surface area contributed by atoms with Crippen LogP contribution >= 0.6 is 0 Å². The van der Waals surface area contributed by atoms with Gasteiger partial charge in [0.15, 0.2) is 0 Å². The highest BCUT2D eigenvalue weighted by Crippen LogP contribution is 2.24. The van der Waals surface area contributed by atoms with Crippen LogP contribution in [0.15, 0.2) is 0 Å². The predicted octanol–water partition coefficient (Wildman–Crippen LogP) is 1.07. The number of carboxylic acids is 1. The fourth-order valence-electron chi connectivity index (χ4n) is 2.17. The van der Waals surface area contributed by atoms with Crippen molar-refractivity contribution in [2.75, 3.05) is 13.1 Å². The van der Waals surface area contributed by atoms with Crippen molar-refractivity contribution in [2.45, 2.75) is 46.1 Å². The van der Waals surface area contributed by atoms with E-state index in [2.05, 4.69) is 0 Å². The van der Waals surface area contributed by atoms with Crippen LogP contribution in [0.5, 0.6) is 0 Å². The third kappa shape index (κ3) is 3.98. The molecule has 104 valence electrons. The van der Waals surface area contributed by atoms with Gasteiger partial charge in [-0.1, -0.05) is 20.8 Å². The molecular weight excluding hydrogens is 232 g/mol. The normalized spacial score (nSPS) is 19.7. The molecule has 1 unspecified atom stereocenters. The van der Waals surface area contributed by atoms with E-state index in [-0.39, 0.29) is 23.7 Å². The number of piperidine rings is 1. The average molecular weight is 256 g/mol. The minimum absolute atomic E-state index is 0.0173. The number of nitrogens with two attached hydrogens (primary N) is 1. The Morgan fingerprint density at radius 1 is 1.33 bits per heavy atom. The number of nitrogens with zero attached hydrogens (tertiary/aromatic N) is 1. The molecule has 5 heteroatoms. The molecule has 1 rings (SSSR count). The fraction of sp³-hybridized carbons (Fsp3) is 0.846. The topological polar surface area (TPSA) is 83.6 Å². The Labute approximate surface area is 108 Å². The van der Waals surface area contributed by atoms with Crippen molar-refractivity contribution in [3.05, 3.63) is 0 Å². The summed E-state index contributed by atoms with van der Waals surface area (Å²) in [5.41, 5.74) is 5.71. The first kappa shape index (κ1) is 15.0. The van der Waals surface area contributed by atoms with Crippen LogP contribution in [0.2, 0.25) is 0 Å². The molecule has 3 N–H and O–H groups in total. The fourth-order valence-corrected chi connectivity index (χ4v) is 2.17. The Bertz CT molecular complexity index is 315. The Hall–Kier alpha value is -1.10. The lowest BCUT2D eigenvalue weighted by atomic mass is 9.85. The first-order valence-corrected chi connectivity index (χ1v) is 6.48. The van der Waals surface area contributed by atoms with E-state index in [0.29, 0.717) is 13.1 Å². The smallest absolute Gasteiger partial charge is 0.303 e. The molecule has 1 saturated heterocycles. The second-order valence-electron chi connectivity index (χ2n) is 6.21. The van der Waals surface area contributed by atoms with Crippen LogP contribution in [-0.4, -0.2) is 41.0 Å². The van der Waals surface area contributed by atoms with Crippen molar-refractivity contribution in [3.63, 3.8) is 0 Å². The van der Waals surface area contributed by atoms with Crippen molar-refractivity contribution in [1.82, 2.24) is 4.90 Å². The third-order valence-corrected chi connectivity index (χ3v) is 3.59. The van der Waals surface area contributed by atoms with Crippen LogP contribution in [0.4, 0.5) is 0 Å². The van der Waals surface area contributed by atoms with E-state index < -0.39 is 12.0 Å². The summed E-state index contributed by atoms with van der Waals surface area (Å²) >= 11 is 0. The second-order valence-corrected chi connectivity index (χ2v) is 6.21. The molecule has 18 heavy (non-hydrogen) atoms. The maximum Gasteiger partial charge on any atom is 0.303 e. The monoisotopic (exact) mass is 256 g/mol. The summed E-state index contributed by atoms with van der Waals surface area (Å²) in [5.74, 6) is -0.583. The maximum atomic E-state index is 12.2. The molecule has 5 nitrogen and oxygen atoms in total. The number of hydrogen-bond donors (Lipinski definition) is 2. The van der Waals surface area contributed by atoms with Crippen molar-refractivity contribution >= 4 is 11.9 Å². The van der Waals surface area contributed by atoms with E-state index in [1.807, 2.05) is 20.8 Å². The number of amides is 1. The Morgan fingerprint density at radius 3 is 2.22 bits per heavy atom. The third-order valence-electron chi connectivity index (χ3n) is 3.59. The number of carbonyl (C=O) groups is 2. The quantitative estimate of drug-likeness (QED) is 0.791. The molecule has 0 bridgehead atoms. The van der Waals surface area contributed by atoms with E-state index in [0.717, 1.165) is 12.8 Å². The van der Waals surface area contributed by atoms with Gasteiger partial charge < -0.3 is 15.7 Å². The van der Waals surface area contributed by atoms with Gasteiger partial charge in [-0.2, -0.15) is 0 Å². The Balaban J connectivity index is 2.48. The van der Waals surface area contributed by atoms with Gasteiger partial charge in [0.05, 0.1) is 6.04 Å². The van der Waals surface area contributed by atoms with Crippen LogP contribution in [0.1, 0.15) is 40.0 Å². The molecule has 0 spiro atoms. The highest BCUT2D eigenvalue weighted by molar-refractivity contribution is 5.82. The SMILES string of the molecule is CC(C)(C)C(N)C(=O)N1CCC(CC(=O)O)CC1. The highest BCUT2D eigenvalue weighted by atomic mass is 16.4.